The largest absolute Gasteiger partial charge is 0.490 e. The maximum atomic E-state index is 11.8. The normalized spacial score (nSPS) is 11.5. The number of carbonyl (C=O) groups excluding carboxylic acids is 2. The number of ether oxygens (including phenoxy) is 2. The Morgan fingerprint density at radius 3 is 2.39 bits per heavy atom. The second kappa shape index (κ2) is 9.71. The summed E-state index contributed by atoms with van der Waals surface area (Å²) in [6.45, 7) is 8.52. The number of hydrogen-bond acceptors (Lipinski definition) is 4. The van der Waals surface area contributed by atoms with E-state index in [1.54, 1.807) is 6.92 Å². The zero-order valence-corrected chi connectivity index (χ0v) is 14.3. The van der Waals surface area contributed by atoms with E-state index in [0.29, 0.717) is 31.9 Å². The van der Waals surface area contributed by atoms with Gasteiger partial charge in [0.05, 0.1) is 13.2 Å². The third kappa shape index (κ3) is 6.59. The molecular weight excluding hydrogens is 296 g/mol. The van der Waals surface area contributed by atoms with Crippen molar-refractivity contribution in [2.75, 3.05) is 19.8 Å². The molecule has 0 aliphatic rings. The number of benzene rings is 1. The number of nitrogens with one attached hydrogen (secondary N) is 2. The van der Waals surface area contributed by atoms with Gasteiger partial charge in [-0.3, -0.25) is 9.59 Å². The number of amides is 2. The van der Waals surface area contributed by atoms with Crippen molar-refractivity contribution in [2.24, 2.45) is 0 Å². The summed E-state index contributed by atoms with van der Waals surface area (Å²) in [5, 5.41) is 5.35. The zero-order chi connectivity index (χ0) is 17.2. The van der Waals surface area contributed by atoms with Crippen LogP contribution in [0.1, 0.15) is 33.3 Å². The van der Waals surface area contributed by atoms with Gasteiger partial charge in [-0.1, -0.05) is 6.07 Å². The molecule has 0 radical (unpaired) electrons. The molecule has 128 valence electrons. The van der Waals surface area contributed by atoms with Crippen LogP contribution in [0.5, 0.6) is 11.5 Å². The van der Waals surface area contributed by atoms with Crippen LogP contribution in [0.3, 0.4) is 0 Å². The molecule has 0 aliphatic carbocycles. The van der Waals surface area contributed by atoms with E-state index in [-0.39, 0.29) is 11.8 Å². The molecule has 1 aromatic carbocycles. The first-order chi connectivity index (χ1) is 11.0. The van der Waals surface area contributed by atoms with Gasteiger partial charge >= 0.3 is 0 Å². The van der Waals surface area contributed by atoms with Crippen LogP contribution in [0.4, 0.5) is 0 Å². The fraction of sp³-hybridized carbons (Fsp3) is 0.529. The highest BCUT2D eigenvalue weighted by Crippen LogP contribution is 2.28. The van der Waals surface area contributed by atoms with E-state index in [2.05, 4.69) is 10.6 Å². The van der Waals surface area contributed by atoms with Crippen LogP contribution in [0, 0.1) is 0 Å². The molecule has 0 aromatic heterocycles. The summed E-state index contributed by atoms with van der Waals surface area (Å²) >= 11 is 0. The number of carbonyl (C=O) groups is 2. The molecule has 0 heterocycles. The fourth-order valence-electron chi connectivity index (χ4n) is 2.10. The van der Waals surface area contributed by atoms with Gasteiger partial charge in [0.1, 0.15) is 6.04 Å². The third-order valence-corrected chi connectivity index (χ3v) is 3.13. The SMILES string of the molecule is CCOc1ccc(CCNC(=O)C(C)NC(C)=O)cc1OCC. The number of rotatable bonds is 9. The smallest absolute Gasteiger partial charge is 0.242 e. The van der Waals surface area contributed by atoms with Crippen molar-refractivity contribution in [1.29, 1.82) is 0 Å². The molecule has 0 fully saturated rings. The van der Waals surface area contributed by atoms with Crippen LogP contribution in [0.15, 0.2) is 18.2 Å². The molecule has 2 N–H and O–H groups in total. The van der Waals surface area contributed by atoms with E-state index in [1.165, 1.54) is 6.92 Å². The van der Waals surface area contributed by atoms with Crippen molar-refractivity contribution in [3.63, 3.8) is 0 Å². The van der Waals surface area contributed by atoms with Crippen molar-refractivity contribution in [3.8, 4) is 11.5 Å². The summed E-state index contributed by atoms with van der Waals surface area (Å²) in [5.41, 5.74) is 1.05. The van der Waals surface area contributed by atoms with Gasteiger partial charge in [-0.2, -0.15) is 0 Å². The topological polar surface area (TPSA) is 76.7 Å². The molecule has 1 aromatic rings. The van der Waals surface area contributed by atoms with Crippen LogP contribution in [-0.2, 0) is 16.0 Å². The van der Waals surface area contributed by atoms with E-state index in [4.69, 9.17) is 9.47 Å². The lowest BCUT2D eigenvalue weighted by atomic mass is 10.1. The lowest BCUT2D eigenvalue weighted by Crippen LogP contribution is -2.44. The first-order valence-electron chi connectivity index (χ1n) is 7.91. The van der Waals surface area contributed by atoms with Crippen molar-refractivity contribution in [2.45, 2.75) is 40.2 Å². The summed E-state index contributed by atoms with van der Waals surface area (Å²) in [5.74, 6) is 1.02. The minimum atomic E-state index is -0.535. The Morgan fingerprint density at radius 2 is 1.78 bits per heavy atom. The zero-order valence-electron chi connectivity index (χ0n) is 14.3. The van der Waals surface area contributed by atoms with Gasteiger partial charge in [0.2, 0.25) is 11.8 Å². The molecule has 0 bridgehead atoms. The molecular formula is C17H26N2O4. The Morgan fingerprint density at radius 1 is 1.13 bits per heavy atom. The molecule has 23 heavy (non-hydrogen) atoms. The van der Waals surface area contributed by atoms with Crippen LogP contribution < -0.4 is 20.1 Å². The van der Waals surface area contributed by atoms with Gasteiger partial charge in [0, 0.05) is 13.5 Å². The van der Waals surface area contributed by atoms with Crippen LogP contribution >= 0.6 is 0 Å². The van der Waals surface area contributed by atoms with E-state index in [0.717, 1.165) is 11.3 Å². The Labute approximate surface area is 137 Å². The van der Waals surface area contributed by atoms with E-state index in [9.17, 15) is 9.59 Å². The van der Waals surface area contributed by atoms with Crippen molar-refractivity contribution in [1.82, 2.24) is 10.6 Å². The molecule has 0 saturated carbocycles. The van der Waals surface area contributed by atoms with Crippen LogP contribution in [0.25, 0.3) is 0 Å². The standard InChI is InChI=1S/C17H26N2O4/c1-5-22-15-8-7-14(11-16(15)23-6-2)9-10-18-17(21)12(3)19-13(4)20/h7-8,11-12H,5-6,9-10H2,1-4H3,(H,18,21)(H,19,20). The average molecular weight is 322 g/mol. The lowest BCUT2D eigenvalue weighted by molar-refractivity contribution is -0.127. The highest BCUT2D eigenvalue weighted by atomic mass is 16.5. The molecule has 0 spiro atoms. The summed E-state index contributed by atoms with van der Waals surface area (Å²) in [4.78, 5) is 22.7. The van der Waals surface area contributed by atoms with Crippen LogP contribution in [0.2, 0.25) is 0 Å². The average Bonchev–Trinajstić information content (AvgIpc) is 2.49. The van der Waals surface area contributed by atoms with Gasteiger partial charge in [0.15, 0.2) is 11.5 Å². The number of hydrogen-bond donors (Lipinski definition) is 2. The Balaban J connectivity index is 2.55. The first kappa shape index (κ1) is 18.8. The highest BCUT2D eigenvalue weighted by molar-refractivity contribution is 5.86. The molecule has 6 nitrogen and oxygen atoms in total. The monoisotopic (exact) mass is 322 g/mol. The molecule has 1 unspecified atom stereocenters. The molecule has 0 aliphatic heterocycles. The fourth-order valence-corrected chi connectivity index (χ4v) is 2.10. The Hall–Kier alpha value is -2.24. The van der Waals surface area contributed by atoms with Gasteiger partial charge < -0.3 is 20.1 Å². The highest BCUT2D eigenvalue weighted by Gasteiger charge is 2.13. The lowest BCUT2D eigenvalue weighted by Gasteiger charge is -2.14. The molecule has 6 heteroatoms. The van der Waals surface area contributed by atoms with Gasteiger partial charge in [-0.05, 0) is 44.9 Å². The summed E-state index contributed by atoms with van der Waals surface area (Å²) in [6.07, 6.45) is 0.672. The Kier molecular flexibility index (Phi) is 7.94. The van der Waals surface area contributed by atoms with Crippen molar-refractivity contribution < 1.29 is 19.1 Å². The maximum Gasteiger partial charge on any atom is 0.242 e. The quantitative estimate of drug-likeness (QED) is 0.725. The Bertz CT molecular complexity index is 531. The third-order valence-electron chi connectivity index (χ3n) is 3.13. The van der Waals surface area contributed by atoms with Crippen molar-refractivity contribution in [3.05, 3.63) is 23.8 Å². The van der Waals surface area contributed by atoms with Gasteiger partial charge in [-0.25, -0.2) is 0 Å². The summed E-state index contributed by atoms with van der Waals surface area (Å²) in [6, 6.07) is 5.23. The minimum Gasteiger partial charge on any atom is -0.490 e. The van der Waals surface area contributed by atoms with Gasteiger partial charge in [-0.15, -0.1) is 0 Å². The predicted molar refractivity (Wildman–Crippen MR) is 88.8 cm³/mol. The maximum absolute atomic E-state index is 11.8. The van der Waals surface area contributed by atoms with Crippen molar-refractivity contribution >= 4 is 11.8 Å². The second-order valence-electron chi connectivity index (χ2n) is 5.11. The van der Waals surface area contributed by atoms with E-state index >= 15 is 0 Å². The molecule has 2 amide bonds. The van der Waals surface area contributed by atoms with Gasteiger partial charge in [0.25, 0.3) is 0 Å². The second-order valence-corrected chi connectivity index (χ2v) is 5.11. The first-order valence-corrected chi connectivity index (χ1v) is 7.91. The van der Waals surface area contributed by atoms with E-state index in [1.807, 2.05) is 32.0 Å². The molecule has 1 rings (SSSR count). The summed E-state index contributed by atoms with van der Waals surface area (Å²) < 4.78 is 11.1. The predicted octanol–water partition coefficient (Wildman–Crippen LogP) is 1.67. The van der Waals surface area contributed by atoms with Crippen LogP contribution in [-0.4, -0.2) is 37.6 Å². The summed E-state index contributed by atoms with van der Waals surface area (Å²) in [7, 11) is 0. The minimum absolute atomic E-state index is 0.198. The molecule has 1 atom stereocenters. The molecule has 0 saturated heterocycles. The van der Waals surface area contributed by atoms with E-state index < -0.39 is 6.04 Å².